The van der Waals surface area contributed by atoms with Crippen LogP contribution in [-0.4, -0.2) is 24.9 Å². The predicted octanol–water partition coefficient (Wildman–Crippen LogP) is 3.88. The molecule has 1 amide bonds. The molecule has 0 aliphatic heterocycles. The maximum Gasteiger partial charge on any atom is 0.257 e. The molecule has 0 saturated carbocycles. The molecule has 1 rings (SSSR count). The summed E-state index contributed by atoms with van der Waals surface area (Å²) in [6.07, 6.45) is 3.09. The monoisotopic (exact) mass is 317 g/mol. The zero-order valence-electron chi connectivity index (χ0n) is 11.7. The smallest absolute Gasteiger partial charge is 0.257 e. The molecular formula is C15H21Cl2NO2. The minimum atomic E-state index is -0.124. The number of hydrogen-bond acceptors (Lipinski definition) is 2. The first-order valence-electron chi connectivity index (χ1n) is 6.86. The lowest BCUT2D eigenvalue weighted by Gasteiger charge is -2.15. The quantitative estimate of drug-likeness (QED) is 0.702. The molecule has 1 aromatic carbocycles. The van der Waals surface area contributed by atoms with Crippen molar-refractivity contribution in [2.45, 2.75) is 26.2 Å². The minimum absolute atomic E-state index is 0.0000617. The van der Waals surface area contributed by atoms with Crippen molar-refractivity contribution in [3.63, 3.8) is 0 Å². The van der Waals surface area contributed by atoms with Crippen LogP contribution in [0.3, 0.4) is 0 Å². The number of amides is 1. The summed E-state index contributed by atoms with van der Waals surface area (Å²) in [7, 11) is 0. The molecule has 20 heavy (non-hydrogen) atoms. The summed E-state index contributed by atoms with van der Waals surface area (Å²) in [5.41, 5.74) is 0. The van der Waals surface area contributed by atoms with Gasteiger partial charge < -0.3 is 10.1 Å². The van der Waals surface area contributed by atoms with Crippen LogP contribution in [0.15, 0.2) is 24.3 Å². The van der Waals surface area contributed by atoms with Crippen LogP contribution in [0.1, 0.15) is 26.2 Å². The molecule has 0 bridgehead atoms. The van der Waals surface area contributed by atoms with Gasteiger partial charge in [-0.3, -0.25) is 4.79 Å². The molecule has 0 radical (unpaired) electrons. The Morgan fingerprint density at radius 1 is 1.40 bits per heavy atom. The van der Waals surface area contributed by atoms with Gasteiger partial charge in [0.15, 0.2) is 6.61 Å². The Morgan fingerprint density at radius 2 is 2.20 bits per heavy atom. The van der Waals surface area contributed by atoms with E-state index < -0.39 is 0 Å². The van der Waals surface area contributed by atoms with Crippen LogP contribution in [0.2, 0.25) is 5.02 Å². The number of rotatable bonds is 9. The van der Waals surface area contributed by atoms with Crippen molar-refractivity contribution in [1.82, 2.24) is 5.32 Å². The molecule has 1 aromatic rings. The number of nitrogens with one attached hydrogen (secondary N) is 1. The number of hydrogen-bond donors (Lipinski definition) is 1. The lowest BCUT2D eigenvalue weighted by atomic mass is 10.0. The number of benzene rings is 1. The van der Waals surface area contributed by atoms with E-state index in [1.165, 1.54) is 0 Å². The van der Waals surface area contributed by atoms with Gasteiger partial charge in [0.1, 0.15) is 5.75 Å². The average Bonchev–Trinajstić information content (AvgIpc) is 2.43. The van der Waals surface area contributed by atoms with Crippen LogP contribution in [0.4, 0.5) is 0 Å². The van der Waals surface area contributed by atoms with Gasteiger partial charge in [-0.05, 0) is 37.0 Å². The first-order chi connectivity index (χ1) is 9.65. The number of carbonyl (C=O) groups excluding carboxylic acids is 1. The lowest BCUT2D eigenvalue weighted by Crippen LogP contribution is -2.33. The molecule has 1 unspecified atom stereocenters. The molecule has 1 N–H and O–H groups in total. The van der Waals surface area contributed by atoms with E-state index in [1.807, 2.05) is 0 Å². The van der Waals surface area contributed by atoms with Crippen LogP contribution in [0.5, 0.6) is 5.75 Å². The topological polar surface area (TPSA) is 38.3 Å². The van der Waals surface area contributed by atoms with E-state index >= 15 is 0 Å². The fraction of sp³-hybridized carbons (Fsp3) is 0.533. The van der Waals surface area contributed by atoms with Crippen molar-refractivity contribution < 1.29 is 9.53 Å². The zero-order chi connectivity index (χ0) is 14.8. The van der Waals surface area contributed by atoms with Crippen molar-refractivity contribution in [3.8, 4) is 5.75 Å². The summed E-state index contributed by atoms with van der Waals surface area (Å²) in [5, 5.41) is 3.47. The van der Waals surface area contributed by atoms with Crippen LogP contribution < -0.4 is 10.1 Å². The SMILES string of the molecule is CCCC(CCCl)CNC(=O)COc1cccc(Cl)c1. The summed E-state index contributed by atoms with van der Waals surface area (Å²) < 4.78 is 5.38. The second-order valence-corrected chi connectivity index (χ2v) is 5.50. The summed E-state index contributed by atoms with van der Waals surface area (Å²) in [4.78, 5) is 11.7. The van der Waals surface area contributed by atoms with Crippen LogP contribution >= 0.6 is 23.2 Å². The van der Waals surface area contributed by atoms with E-state index in [0.717, 1.165) is 19.3 Å². The number of halogens is 2. The average molecular weight is 318 g/mol. The van der Waals surface area contributed by atoms with Gasteiger partial charge in [0.05, 0.1) is 0 Å². The molecule has 112 valence electrons. The molecule has 0 aromatic heterocycles. The molecule has 0 spiro atoms. The highest BCUT2D eigenvalue weighted by atomic mass is 35.5. The second kappa shape index (κ2) is 9.89. The third kappa shape index (κ3) is 7.01. The summed E-state index contributed by atoms with van der Waals surface area (Å²) in [5.74, 6) is 1.53. The van der Waals surface area contributed by atoms with Crippen LogP contribution in [-0.2, 0) is 4.79 Å². The molecule has 1 atom stereocenters. The van der Waals surface area contributed by atoms with Gasteiger partial charge in [0.25, 0.3) is 5.91 Å². The maximum atomic E-state index is 11.7. The third-order valence-electron chi connectivity index (χ3n) is 2.97. The summed E-state index contributed by atoms with van der Waals surface area (Å²) >= 11 is 11.6. The molecule has 0 heterocycles. The maximum absolute atomic E-state index is 11.7. The predicted molar refractivity (Wildman–Crippen MR) is 83.7 cm³/mol. The van der Waals surface area contributed by atoms with E-state index in [0.29, 0.717) is 29.1 Å². The molecule has 3 nitrogen and oxygen atoms in total. The van der Waals surface area contributed by atoms with Crippen molar-refractivity contribution in [1.29, 1.82) is 0 Å². The Bertz CT molecular complexity index is 407. The fourth-order valence-electron chi connectivity index (χ4n) is 1.93. The minimum Gasteiger partial charge on any atom is -0.484 e. The van der Waals surface area contributed by atoms with Crippen LogP contribution in [0, 0.1) is 5.92 Å². The highest BCUT2D eigenvalue weighted by Gasteiger charge is 2.09. The zero-order valence-corrected chi connectivity index (χ0v) is 13.2. The molecule has 0 aliphatic rings. The Balaban J connectivity index is 2.29. The van der Waals surface area contributed by atoms with Gasteiger partial charge in [-0.25, -0.2) is 0 Å². The van der Waals surface area contributed by atoms with E-state index in [1.54, 1.807) is 24.3 Å². The number of alkyl halides is 1. The van der Waals surface area contributed by atoms with Crippen molar-refractivity contribution in [2.75, 3.05) is 19.0 Å². The summed E-state index contributed by atoms with van der Waals surface area (Å²) in [6, 6.07) is 7.00. The van der Waals surface area contributed by atoms with E-state index in [2.05, 4.69) is 12.2 Å². The van der Waals surface area contributed by atoms with E-state index in [9.17, 15) is 4.79 Å². The standard InChI is InChI=1S/C15H21Cl2NO2/c1-2-4-12(7-8-16)10-18-15(19)11-20-14-6-3-5-13(17)9-14/h3,5-6,9,12H,2,4,7-8,10-11H2,1H3,(H,18,19). The highest BCUT2D eigenvalue weighted by molar-refractivity contribution is 6.30. The highest BCUT2D eigenvalue weighted by Crippen LogP contribution is 2.16. The molecule has 5 heteroatoms. The van der Waals surface area contributed by atoms with Gasteiger partial charge in [-0.2, -0.15) is 0 Å². The molecular weight excluding hydrogens is 297 g/mol. The van der Waals surface area contributed by atoms with Gasteiger partial charge >= 0.3 is 0 Å². The third-order valence-corrected chi connectivity index (χ3v) is 3.42. The van der Waals surface area contributed by atoms with Crippen LogP contribution in [0.25, 0.3) is 0 Å². The van der Waals surface area contributed by atoms with Gasteiger partial charge in [-0.15, -0.1) is 11.6 Å². The Kier molecular flexibility index (Phi) is 8.47. The van der Waals surface area contributed by atoms with Gasteiger partial charge in [-0.1, -0.05) is 31.0 Å². The first kappa shape index (κ1) is 17.1. The molecule has 0 saturated heterocycles. The van der Waals surface area contributed by atoms with Crippen molar-refractivity contribution in [2.24, 2.45) is 5.92 Å². The number of ether oxygens (including phenoxy) is 1. The summed E-state index contributed by atoms with van der Waals surface area (Å²) in [6.45, 7) is 2.78. The largest absolute Gasteiger partial charge is 0.484 e. The Hall–Kier alpha value is -0.930. The fourth-order valence-corrected chi connectivity index (χ4v) is 2.41. The van der Waals surface area contributed by atoms with E-state index in [4.69, 9.17) is 27.9 Å². The number of carbonyl (C=O) groups is 1. The first-order valence-corrected chi connectivity index (χ1v) is 7.78. The van der Waals surface area contributed by atoms with Gasteiger partial charge in [0.2, 0.25) is 0 Å². The lowest BCUT2D eigenvalue weighted by molar-refractivity contribution is -0.123. The van der Waals surface area contributed by atoms with Crippen molar-refractivity contribution >= 4 is 29.1 Å². The Labute approximate surface area is 130 Å². The molecule has 0 aliphatic carbocycles. The molecule has 0 fully saturated rings. The second-order valence-electron chi connectivity index (χ2n) is 4.68. The van der Waals surface area contributed by atoms with E-state index in [-0.39, 0.29) is 12.5 Å². The Morgan fingerprint density at radius 3 is 2.85 bits per heavy atom. The van der Waals surface area contributed by atoms with Gasteiger partial charge in [0, 0.05) is 17.4 Å². The van der Waals surface area contributed by atoms with Crippen molar-refractivity contribution in [3.05, 3.63) is 29.3 Å². The normalized spacial score (nSPS) is 11.9.